The van der Waals surface area contributed by atoms with Crippen LogP contribution < -0.4 is 0 Å². The summed E-state index contributed by atoms with van der Waals surface area (Å²) in [4.78, 5) is 39.1. The van der Waals surface area contributed by atoms with Gasteiger partial charge in [-0.25, -0.2) is 0 Å². The van der Waals surface area contributed by atoms with Crippen molar-refractivity contribution in [2.45, 2.75) is 26.8 Å². The number of nitrogens with zero attached hydrogens (tertiary/aromatic N) is 2. The van der Waals surface area contributed by atoms with Gasteiger partial charge in [-0.2, -0.15) is 0 Å². The molecule has 0 heterocycles. The molecule has 0 aliphatic rings. The van der Waals surface area contributed by atoms with Crippen LogP contribution in [0.1, 0.15) is 35.3 Å². The maximum absolute atomic E-state index is 12.8. The van der Waals surface area contributed by atoms with Crippen molar-refractivity contribution in [3.8, 4) is 0 Å². The maximum Gasteiger partial charge on any atom is 0.323 e. The van der Waals surface area contributed by atoms with Gasteiger partial charge in [-0.15, -0.1) is 0 Å². The van der Waals surface area contributed by atoms with Crippen LogP contribution in [0.4, 0.5) is 0 Å². The van der Waals surface area contributed by atoms with Crippen LogP contribution in [0.2, 0.25) is 0 Å². The number of carboxylic acid groups (broad SMARTS) is 1. The van der Waals surface area contributed by atoms with Gasteiger partial charge in [0.15, 0.2) is 0 Å². The third-order valence-corrected chi connectivity index (χ3v) is 4.62. The van der Waals surface area contributed by atoms with E-state index in [1.165, 1.54) is 4.90 Å². The third-order valence-electron chi connectivity index (χ3n) is 4.62. The molecule has 154 valence electrons. The fourth-order valence-corrected chi connectivity index (χ4v) is 3.05. The van der Waals surface area contributed by atoms with E-state index in [9.17, 15) is 19.5 Å². The van der Waals surface area contributed by atoms with Gasteiger partial charge in [0.1, 0.15) is 6.54 Å². The van der Waals surface area contributed by atoms with E-state index in [4.69, 9.17) is 0 Å². The van der Waals surface area contributed by atoms with Crippen molar-refractivity contribution in [2.24, 2.45) is 5.92 Å². The molecule has 0 radical (unpaired) electrons. The lowest BCUT2D eigenvalue weighted by molar-refractivity contribution is -0.137. The summed E-state index contributed by atoms with van der Waals surface area (Å²) in [5.41, 5.74) is 2.39. The van der Waals surface area contributed by atoms with Crippen LogP contribution >= 0.6 is 0 Å². The topological polar surface area (TPSA) is 77.9 Å². The number of carbonyl (C=O) groups is 3. The zero-order valence-corrected chi connectivity index (χ0v) is 17.2. The summed E-state index contributed by atoms with van der Waals surface area (Å²) in [6.07, 6.45) is 0.583. The average molecular weight is 396 g/mol. The fraction of sp³-hybridized carbons (Fsp3) is 0.348. The van der Waals surface area contributed by atoms with E-state index < -0.39 is 5.97 Å². The van der Waals surface area contributed by atoms with Gasteiger partial charge in [0.2, 0.25) is 5.91 Å². The summed E-state index contributed by atoms with van der Waals surface area (Å²) in [6, 6.07) is 16.6. The number of amides is 2. The normalized spacial score (nSPS) is 10.6. The summed E-state index contributed by atoms with van der Waals surface area (Å²) in [7, 11) is 1.75. The largest absolute Gasteiger partial charge is 0.480 e. The highest BCUT2D eigenvalue weighted by Gasteiger charge is 2.19. The van der Waals surface area contributed by atoms with Crippen LogP contribution in [0.5, 0.6) is 0 Å². The zero-order valence-electron chi connectivity index (χ0n) is 17.2. The van der Waals surface area contributed by atoms with Crippen molar-refractivity contribution in [3.63, 3.8) is 0 Å². The summed E-state index contributed by atoms with van der Waals surface area (Å²) in [5.74, 6) is -1.38. The minimum atomic E-state index is -1.04. The molecule has 6 heteroatoms. The molecule has 0 aliphatic carbocycles. The Morgan fingerprint density at radius 3 is 2.10 bits per heavy atom. The molecule has 2 rings (SSSR count). The number of benzene rings is 2. The Bertz CT molecular complexity index is 832. The molecule has 0 aliphatic heterocycles. The van der Waals surface area contributed by atoms with Crippen molar-refractivity contribution >= 4 is 17.8 Å². The van der Waals surface area contributed by atoms with Gasteiger partial charge in [0, 0.05) is 31.6 Å². The second kappa shape index (κ2) is 10.4. The van der Waals surface area contributed by atoms with Crippen molar-refractivity contribution < 1.29 is 19.5 Å². The van der Waals surface area contributed by atoms with Crippen LogP contribution in [0, 0.1) is 5.92 Å². The van der Waals surface area contributed by atoms with E-state index in [2.05, 4.69) is 0 Å². The van der Waals surface area contributed by atoms with Gasteiger partial charge < -0.3 is 14.9 Å². The second-order valence-electron chi connectivity index (χ2n) is 7.40. The molecule has 2 aromatic rings. The summed E-state index contributed by atoms with van der Waals surface area (Å²) >= 11 is 0. The highest BCUT2D eigenvalue weighted by Crippen LogP contribution is 2.12. The molecule has 0 saturated heterocycles. The monoisotopic (exact) mass is 396 g/mol. The van der Waals surface area contributed by atoms with Gasteiger partial charge in [-0.3, -0.25) is 14.4 Å². The Hall–Kier alpha value is -3.15. The number of carboxylic acids is 1. The van der Waals surface area contributed by atoms with Crippen LogP contribution in [0.3, 0.4) is 0 Å². The molecule has 0 unspecified atom stereocenters. The van der Waals surface area contributed by atoms with E-state index in [0.29, 0.717) is 25.1 Å². The van der Waals surface area contributed by atoms with E-state index >= 15 is 0 Å². The van der Waals surface area contributed by atoms with Crippen molar-refractivity contribution in [3.05, 3.63) is 71.3 Å². The first-order valence-corrected chi connectivity index (χ1v) is 9.67. The standard InChI is InChI=1S/C23H28N2O4/c1-17(2)22(28)24(3)15-19-9-11-20(12-10-19)23(29)25(16-21(26)27)14-13-18-7-5-4-6-8-18/h4-12,17H,13-16H2,1-3H3,(H,26,27). The molecule has 0 atom stereocenters. The summed E-state index contributed by atoms with van der Waals surface area (Å²) in [5, 5.41) is 9.19. The quantitative estimate of drug-likeness (QED) is 0.707. The third kappa shape index (κ3) is 6.75. The van der Waals surface area contributed by atoms with Crippen molar-refractivity contribution in [1.29, 1.82) is 0 Å². The molecule has 29 heavy (non-hydrogen) atoms. The Labute approximate surface area is 171 Å². The molecule has 0 spiro atoms. The first kappa shape index (κ1) is 22.1. The molecule has 0 saturated carbocycles. The van der Waals surface area contributed by atoms with Crippen LogP contribution in [0.15, 0.2) is 54.6 Å². The molecule has 0 fully saturated rings. The van der Waals surface area contributed by atoms with Crippen LogP contribution in [0.25, 0.3) is 0 Å². The minimum Gasteiger partial charge on any atom is -0.480 e. The highest BCUT2D eigenvalue weighted by molar-refractivity contribution is 5.95. The maximum atomic E-state index is 12.8. The molecular formula is C23H28N2O4. The Kier molecular flexibility index (Phi) is 7.95. The second-order valence-corrected chi connectivity index (χ2v) is 7.40. The number of hydrogen-bond donors (Lipinski definition) is 1. The number of carbonyl (C=O) groups excluding carboxylic acids is 2. The van der Waals surface area contributed by atoms with E-state index in [-0.39, 0.29) is 24.3 Å². The van der Waals surface area contributed by atoms with Gasteiger partial charge in [0.25, 0.3) is 5.91 Å². The summed E-state index contributed by atoms with van der Waals surface area (Å²) < 4.78 is 0. The molecule has 2 aromatic carbocycles. The molecule has 0 aromatic heterocycles. The number of aliphatic carboxylic acids is 1. The van der Waals surface area contributed by atoms with Crippen molar-refractivity contribution in [1.82, 2.24) is 9.80 Å². The SMILES string of the molecule is CC(C)C(=O)N(C)Cc1ccc(C(=O)N(CCc2ccccc2)CC(=O)O)cc1. The van der Waals surface area contributed by atoms with Crippen molar-refractivity contribution in [2.75, 3.05) is 20.1 Å². The van der Waals surface area contributed by atoms with Crippen LogP contribution in [-0.4, -0.2) is 52.8 Å². The molecule has 2 amide bonds. The van der Waals surface area contributed by atoms with E-state index in [0.717, 1.165) is 11.1 Å². The Morgan fingerprint density at radius 2 is 1.55 bits per heavy atom. The first-order chi connectivity index (χ1) is 13.8. The van der Waals surface area contributed by atoms with Gasteiger partial charge in [0.05, 0.1) is 0 Å². The highest BCUT2D eigenvalue weighted by atomic mass is 16.4. The lowest BCUT2D eigenvalue weighted by Gasteiger charge is -2.22. The Morgan fingerprint density at radius 1 is 0.931 bits per heavy atom. The van der Waals surface area contributed by atoms with Crippen LogP contribution in [-0.2, 0) is 22.6 Å². The van der Waals surface area contributed by atoms with E-state index in [1.54, 1.807) is 36.2 Å². The lowest BCUT2D eigenvalue weighted by Crippen LogP contribution is -2.37. The first-order valence-electron chi connectivity index (χ1n) is 9.67. The van der Waals surface area contributed by atoms with Gasteiger partial charge >= 0.3 is 5.97 Å². The Balaban J connectivity index is 2.06. The minimum absolute atomic E-state index is 0.0544. The number of rotatable bonds is 9. The van der Waals surface area contributed by atoms with Gasteiger partial charge in [-0.1, -0.05) is 56.3 Å². The fourth-order valence-electron chi connectivity index (χ4n) is 3.05. The molecule has 6 nitrogen and oxygen atoms in total. The molecule has 1 N–H and O–H groups in total. The molecule has 0 bridgehead atoms. The van der Waals surface area contributed by atoms with Gasteiger partial charge in [-0.05, 0) is 29.7 Å². The number of hydrogen-bond acceptors (Lipinski definition) is 3. The predicted molar refractivity (Wildman–Crippen MR) is 111 cm³/mol. The smallest absolute Gasteiger partial charge is 0.323 e. The molecular weight excluding hydrogens is 368 g/mol. The predicted octanol–water partition coefficient (Wildman–Crippen LogP) is 3.07. The zero-order chi connectivity index (χ0) is 21.4. The average Bonchev–Trinajstić information content (AvgIpc) is 2.71. The van der Waals surface area contributed by atoms with E-state index in [1.807, 2.05) is 44.2 Å². The lowest BCUT2D eigenvalue weighted by atomic mass is 10.1. The summed E-state index contributed by atoms with van der Waals surface area (Å²) in [6.45, 7) is 4.14.